The van der Waals surface area contributed by atoms with E-state index < -0.39 is 5.25 Å². The summed E-state index contributed by atoms with van der Waals surface area (Å²) in [4.78, 5) is 46.3. The van der Waals surface area contributed by atoms with Crippen molar-refractivity contribution >= 4 is 45.9 Å². The van der Waals surface area contributed by atoms with E-state index in [9.17, 15) is 14.4 Å². The van der Waals surface area contributed by atoms with Gasteiger partial charge >= 0.3 is 0 Å². The van der Waals surface area contributed by atoms with Gasteiger partial charge in [0, 0.05) is 57.6 Å². The number of hydrogen-bond donors (Lipinski definition) is 3. The molecule has 41 heavy (non-hydrogen) atoms. The molecule has 2 saturated heterocycles. The molecule has 0 spiro atoms. The summed E-state index contributed by atoms with van der Waals surface area (Å²) >= 11 is 1.34. The Morgan fingerprint density at radius 3 is 2.46 bits per heavy atom. The molecule has 0 bridgehead atoms. The Morgan fingerprint density at radius 2 is 1.76 bits per heavy atom. The highest BCUT2D eigenvalue weighted by atomic mass is 32.2. The standard InChI is InChI=1S/C30H43N7O3S/c1-5-37-28(39)25(41-30(37)26(31)29(40)35(4)17-16-34(2)3)20-33-24-11-10-21-18-23(9-8-22(21)19-24)27(38)32-12-15-36-13-6-7-14-36/h8-11,18-19,25,33H,5-7,12-17,20,31H2,1-4H3,(H,32,38)/b30-26+/t25-/m1/s1. The Hall–Kier alpha value is -3.28. The van der Waals surface area contributed by atoms with Gasteiger partial charge in [-0.15, -0.1) is 0 Å². The molecule has 2 aromatic carbocycles. The van der Waals surface area contributed by atoms with Crippen LogP contribution in [0.4, 0.5) is 5.69 Å². The van der Waals surface area contributed by atoms with Crippen molar-refractivity contribution in [2.45, 2.75) is 25.0 Å². The molecule has 4 rings (SSSR count). The Kier molecular flexibility index (Phi) is 10.5. The number of nitrogens with two attached hydrogens (primary N) is 1. The first-order chi connectivity index (χ1) is 19.7. The second kappa shape index (κ2) is 14.1. The smallest absolute Gasteiger partial charge is 0.272 e. The molecule has 3 amide bonds. The second-order valence-electron chi connectivity index (χ2n) is 10.9. The predicted molar refractivity (Wildman–Crippen MR) is 167 cm³/mol. The molecule has 222 valence electrons. The fourth-order valence-corrected chi connectivity index (χ4v) is 6.28. The molecule has 1 atom stereocenters. The van der Waals surface area contributed by atoms with Gasteiger partial charge in [-0.1, -0.05) is 23.9 Å². The van der Waals surface area contributed by atoms with Crippen LogP contribution >= 0.6 is 11.8 Å². The van der Waals surface area contributed by atoms with Crippen molar-refractivity contribution in [3.05, 3.63) is 52.7 Å². The molecule has 2 aromatic rings. The van der Waals surface area contributed by atoms with E-state index in [4.69, 9.17) is 5.73 Å². The van der Waals surface area contributed by atoms with Crippen molar-refractivity contribution in [1.29, 1.82) is 0 Å². The molecule has 0 aliphatic carbocycles. The van der Waals surface area contributed by atoms with Crippen LogP contribution in [-0.4, -0.2) is 116 Å². The largest absolute Gasteiger partial charge is 0.392 e. The van der Waals surface area contributed by atoms with E-state index >= 15 is 0 Å². The number of nitrogens with zero attached hydrogens (tertiary/aromatic N) is 4. The van der Waals surface area contributed by atoms with Gasteiger partial charge in [-0.25, -0.2) is 0 Å². The van der Waals surface area contributed by atoms with Gasteiger partial charge in [0.1, 0.15) is 16.0 Å². The van der Waals surface area contributed by atoms with E-state index in [1.165, 1.54) is 24.6 Å². The lowest BCUT2D eigenvalue weighted by Crippen LogP contribution is -2.38. The Morgan fingerprint density at radius 1 is 1.05 bits per heavy atom. The zero-order valence-corrected chi connectivity index (χ0v) is 25.4. The Balaban J connectivity index is 1.36. The lowest BCUT2D eigenvalue weighted by molar-refractivity contribution is -0.127. The summed E-state index contributed by atoms with van der Waals surface area (Å²) in [5, 5.41) is 8.51. The van der Waals surface area contributed by atoms with Gasteiger partial charge in [0.2, 0.25) is 5.91 Å². The molecule has 2 fully saturated rings. The summed E-state index contributed by atoms with van der Waals surface area (Å²) in [6, 6.07) is 11.6. The fraction of sp³-hybridized carbons (Fsp3) is 0.500. The van der Waals surface area contributed by atoms with Crippen molar-refractivity contribution in [3.8, 4) is 0 Å². The van der Waals surface area contributed by atoms with Gasteiger partial charge in [-0.2, -0.15) is 0 Å². The lowest BCUT2D eigenvalue weighted by Gasteiger charge is -2.22. The highest BCUT2D eigenvalue weighted by molar-refractivity contribution is 8.04. The van der Waals surface area contributed by atoms with E-state index in [0.717, 1.165) is 42.6 Å². The molecule has 11 heteroatoms. The summed E-state index contributed by atoms with van der Waals surface area (Å²) < 4.78 is 0. The zero-order valence-electron chi connectivity index (χ0n) is 24.6. The minimum Gasteiger partial charge on any atom is -0.392 e. The SMILES string of the molecule is CCN1C(=O)[C@@H](CNc2ccc3cc(C(=O)NCCN4CCCC4)ccc3c2)S/C1=C(/N)C(=O)N(C)CCN(C)C. The van der Waals surface area contributed by atoms with Gasteiger partial charge in [-0.3, -0.25) is 14.4 Å². The Labute approximate surface area is 247 Å². The number of nitrogens with one attached hydrogen (secondary N) is 2. The first-order valence-corrected chi connectivity index (χ1v) is 15.2. The lowest BCUT2D eigenvalue weighted by atomic mass is 10.1. The third-order valence-corrected chi connectivity index (χ3v) is 8.87. The number of likely N-dealkylation sites (N-methyl/N-ethyl adjacent to an activating group) is 2. The van der Waals surface area contributed by atoms with Crippen LogP contribution in [0.5, 0.6) is 0 Å². The summed E-state index contributed by atoms with van der Waals surface area (Å²) in [5.74, 6) is -0.396. The molecule has 0 aromatic heterocycles. The summed E-state index contributed by atoms with van der Waals surface area (Å²) in [7, 11) is 5.62. The minimum absolute atomic E-state index is 0.0592. The fourth-order valence-electron chi connectivity index (χ4n) is 5.05. The number of carbonyl (C=O) groups excluding carboxylic acids is 3. The van der Waals surface area contributed by atoms with E-state index in [0.29, 0.717) is 36.8 Å². The number of likely N-dealkylation sites (tertiary alicyclic amines) is 1. The van der Waals surface area contributed by atoms with Crippen LogP contribution in [0, 0.1) is 0 Å². The number of amides is 3. The van der Waals surface area contributed by atoms with Crippen molar-refractivity contribution in [3.63, 3.8) is 0 Å². The topological polar surface area (TPSA) is 114 Å². The van der Waals surface area contributed by atoms with Crippen LogP contribution < -0.4 is 16.4 Å². The third-order valence-electron chi connectivity index (χ3n) is 7.55. The molecule has 0 unspecified atom stereocenters. The number of benzene rings is 2. The molecule has 0 radical (unpaired) electrons. The van der Waals surface area contributed by atoms with Crippen LogP contribution in [0.25, 0.3) is 10.8 Å². The maximum Gasteiger partial charge on any atom is 0.272 e. The minimum atomic E-state index is -0.397. The van der Waals surface area contributed by atoms with Gasteiger partial charge in [0.15, 0.2) is 0 Å². The zero-order chi connectivity index (χ0) is 29.5. The van der Waals surface area contributed by atoms with Crippen LogP contribution in [0.2, 0.25) is 0 Å². The molecule has 2 heterocycles. The number of rotatable bonds is 12. The third kappa shape index (κ3) is 7.72. The van der Waals surface area contributed by atoms with Gasteiger partial charge in [0.25, 0.3) is 11.8 Å². The molecule has 10 nitrogen and oxygen atoms in total. The van der Waals surface area contributed by atoms with Crippen molar-refractivity contribution < 1.29 is 14.4 Å². The first-order valence-electron chi connectivity index (χ1n) is 14.3. The molecule has 2 aliphatic heterocycles. The van der Waals surface area contributed by atoms with Crippen molar-refractivity contribution in [2.24, 2.45) is 5.73 Å². The van der Waals surface area contributed by atoms with E-state index in [-0.39, 0.29) is 23.4 Å². The first kappa shape index (κ1) is 30.7. The van der Waals surface area contributed by atoms with E-state index in [1.807, 2.05) is 62.3 Å². The number of thioether (sulfide) groups is 1. The van der Waals surface area contributed by atoms with Gasteiger partial charge in [0.05, 0.1) is 0 Å². The normalized spacial score (nSPS) is 18.8. The van der Waals surface area contributed by atoms with Crippen LogP contribution in [0.1, 0.15) is 30.1 Å². The molecule has 2 aliphatic rings. The highest BCUT2D eigenvalue weighted by Gasteiger charge is 2.38. The van der Waals surface area contributed by atoms with Crippen LogP contribution in [0.15, 0.2) is 47.1 Å². The summed E-state index contributed by atoms with van der Waals surface area (Å²) in [6.07, 6.45) is 2.48. The molecular weight excluding hydrogens is 538 g/mol. The average molecular weight is 582 g/mol. The average Bonchev–Trinajstić information content (AvgIpc) is 3.60. The van der Waals surface area contributed by atoms with Crippen LogP contribution in [0.3, 0.4) is 0 Å². The molecule has 4 N–H and O–H groups in total. The Bertz CT molecular complexity index is 1290. The van der Waals surface area contributed by atoms with Gasteiger partial charge in [-0.05, 0) is 82.0 Å². The van der Waals surface area contributed by atoms with E-state index in [2.05, 4.69) is 15.5 Å². The number of fused-ring (bicyclic) bond motifs is 1. The summed E-state index contributed by atoms with van der Waals surface area (Å²) in [6.45, 7) is 7.76. The predicted octanol–water partition coefficient (Wildman–Crippen LogP) is 2.19. The van der Waals surface area contributed by atoms with Crippen molar-refractivity contribution in [2.75, 3.05) is 78.8 Å². The van der Waals surface area contributed by atoms with Gasteiger partial charge < -0.3 is 36.0 Å². The van der Waals surface area contributed by atoms with Crippen LogP contribution in [-0.2, 0) is 9.59 Å². The molecule has 0 saturated carbocycles. The maximum atomic E-state index is 13.1. The van der Waals surface area contributed by atoms with E-state index in [1.54, 1.807) is 16.8 Å². The monoisotopic (exact) mass is 581 g/mol. The van der Waals surface area contributed by atoms with Crippen molar-refractivity contribution in [1.82, 2.24) is 24.9 Å². The highest BCUT2D eigenvalue weighted by Crippen LogP contribution is 2.36. The number of carbonyl (C=O) groups is 3. The summed E-state index contributed by atoms with van der Waals surface area (Å²) in [5.41, 5.74) is 7.92. The maximum absolute atomic E-state index is 13.1. The molecular formula is C30H43N7O3S. The number of hydrogen-bond acceptors (Lipinski definition) is 8. The number of anilines is 1. The second-order valence-corrected chi connectivity index (χ2v) is 12.1. The quantitative estimate of drug-likeness (QED) is 0.327.